The number of anilines is 1. The van der Waals surface area contributed by atoms with E-state index in [0.717, 1.165) is 47.3 Å². The van der Waals surface area contributed by atoms with Crippen LogP contribution in [0.15, 0.2) is 54.6 Å². The highest BCUT2D eigenvalue weighted by Crippen LogP contribution is 2.40. The first-order chi connectivity index (χ1) is 17.5. The van der Waals surface area contributed by atoms with Gasteiger partial charge < -0.3 is 15.0 Å². The predicted octanol–water partition coefficient (Wildman–Crippen LogP) is 5.83. The normalized spacial score (nSPS) is 17.1. The molecule has 0 bridgehead atoms. The molecule has 1 N–H and O–H groups in total. The molecule has 0 radical (unpaired) electrons. The van der Waals surface area contributed by atoms with Gasteiger partial charge in [-0.25, -0.2) is 4.79 Å². The molecule has 186 valence electrons. The summed E-state index contributed by atoms with van der Waals surface area (Å²) in [7, 11) is 0. The molecule has 1 aliphatic carbocycles. The van der Waals surface area contributed by atoms with E-state index in [1.807, 2.05) is 47.4 Å². The predicted molar refractivity (Wildman–Crippen MR) is 144 cm³/mol. The number of thioether (sulfide) groups is 1. The Morgan fingerprint density at radius 3 is 2.56 bits per heavy atom. The minimum Gasteiger partial charge on any atom is -0.462 e. The van der Waals surface area contributed by atoms with Gasteiger partial charge in [0.1, 0.15) is 10.4 Å². The molecule has 1 aliphatic heterocycles. The van der Waals surface area contributed by atoms with Crippen molar-refractivity contribution in [2.24, 2.45) is 0 Å². The van der Waals surface area contributed by atoms with Gasteiger partial charge in [-0.05, 0) is 61.4 Å². The van der Waals surface area contributed by atoms with Gasteiger partial charge in [-0.15, -0.1) is 23.1 Å². The number of rotatable bonds is 7. The van der Waals surface area contributed by atoms with Gasteiger partial charge in [0.2, 0.25) is 5.91 Å². The highest BCUT2D eigenvalue weighted by Gasteiger charge is 2.33. The summed E-state index contributed by atoms with van der Waals surface area (Å²) in [6, 6.07) is 17.3. The Labute approximate surface area is 219 Å². The number of carbonyl (C=O) groups excluding carboxylic acids is 3. The second-order valence-corrected chi connectivity index (χ2v) is 11.1. The standard InChI is InChI=1S/C28H28N2O4S2/c1-2-34-28(33)24-21-10-6-7-11-22(21)36-26(24)29-25(32)19-12-14-20(15-13-19)27-30(23(31)17-35-27)16-18-8-4-3-5-9-18/h3-5,8-9,12-15,27H,2,6-7,10-11,16-17H2,1H3,(H,29,32)/t27-/m0/s1. The number of fused-ring (bicyclic) bond motifs is 1. The highest BCUT2D eigenvalue weighted by molar-refractivity contribution is 8.00. The van der Waals surface area contributed by atoms with Crippen LogP contribution in [0.4, 0.5) is 5.00 Å². The first-order valence-electron chi connectivity index (χ1n) is 12.2. The Kier molecular flexibility index (Phi) is 7.43. The summed E-state index contributed by atoms with van der Waals surface area (Å²) in [5.41, 5.74) is 4.11. The lowest BCUT2D eigenvalue weighted by Crippen LogP contribution is -2.27. The molecule has 8 heteroatoms. The number of hydrogen-bond donors (Lipinski definition) is 1. The van der Waals surface area contributed by atoms with Crippen molar-refractivity contribution in [2.45, 2.75) is 44.5 Å². The number of ether oxygens (including phenoxy) is 1. The highest BCUT2D eigenvalue weighted by atomic mass is 32.2. The molecule has 2 heterocycles. The SMILES string of the molecule is CCOC(=O)c1c(NC(=O)c2ccc([C@@H]3SCC(=O)N3Cc3ccccc3)cc2)sc2c1CCCC2. The lowest BCUT2D eigenvalue weighted by atomic mass is 9.95. The second-order valence-electron chi connectivity index (χ2n) is 8.88. The van der Waals surface area contributed by atoms with Crippen molar-refractivity contribution in [2.75, 3.05) is 17.7 Å². The third kappa shape index (κ3) is 5.06. The van der Waals surface area contributed by atoms with Crippen molar-refractivity contribution in [3.63, 3.8) is 0 Å². The van der Waals surface area contributed by atoms with Crippen LogP contribution >= 0.6 is 23.1 Å². The van der Waals surface area contributed by atoms with Gasteiger partial charge in [0.25, 0.3) is 5.91 Å². The van der Waals surface area contributed by atoms with E-state index in [1.54, 1.807) is 30.8 Å². The van der Waals surface area contributed by atoms with Crippen LogP contribution in [0, 0.1) is 0 Å². The van der Waals surface area contributed by atoms with Gasteiger partial charge in [0.05, 0.1) is 17.9 Å². The van der Waals surface area contributed by atoms with Gasteiger partial charge in [-0.2, -0.15) is 0 Å². The number of benzene rings is 2. The van der Waals surface area contributed by atoms with Gasteiger partial charge in [-0.1, -0.05) is 42.5 Å². The average Bonchev–Trinajstić information content (AvgIpc) is 3.44. The smallest absolute Gasteiger partial charge is 0.341 e. The quantitative estimate of drug-likeness (QED) is 0.397. The summed E-state index contributed by atoms with van der Waals surface area (Å²) in [5.74, 6) is -0.0748. The van der Waals surface area contributed by atoms with E-state index in [4.69, 9.17) is 4.74 Å². The summed E-state index contributed by atoms with van der Waals surface area (Å²) in [5, 5.41) is 3.45. The summed E-state index contributed by atoms with van der Waals surface area (Å²) in [6.45, 7) is 2.63. The Bertz CT molecular complexity index is 1270. The number of carbonyl (C=O) groups is 3. The fraction of sp³-hybridized carbons (Fsp3) is 0.321. The van der Waals surface area contributed by atoms with Crippen molar-refractivity contribution >= 4 is 45.9 Å². The number of nitrogens with zero attached hydrogens (tertiary/aromatic N) is 1. The molecule has 1 saturated heterocycles. The molecule has 3 aromatic rings. The Morgan fingerprint density at radius 1 is 1.06 bits per heavy atom. The summed E-state index contributed by atoms with van der Waals surface area (Å²) < 4.78 is 5.30. The number of amides is 2. The minimum atomic E-state index is -0.371. The number of thiophene rings is 1. The van der Waals surface area contributed by atoms with Crippen molar-refractivity contribution in [1.82, 2.24) is 4.90 Å². The monoisotopic (exact) mass is 520 g/mol. The fourth-order valence-electron chi connectivity index (χ4n) is 4.73. The van der Waals surface area contributed by atoms with Gasteiger partial charge in [0, 0.05) is 17.0 Å². The Morgan fingerprint density at radius 2 is 1.81 bits per heavy atom. The maximum Gasteiger partial charge on any atom is 0.341 e. The van der Waals surface area contributed by atoms with Crippen LogP contribution in [0.1, 0.15) is 67.4 Å². The van der Waals surface area contributed by atoms with Crippen molar-refractivity contribution < 1.29 is 19.1 Å². The van der Waals surface area contributed by atoms with Gasteiger partial charge in [-0.3, -0.25) is 9.59 Å². The molecule has 0 unspecified atom stereocenters. The zero-order valence-corrected chi connectivity index (χ0v) is 21.8. The van der Waals surface area contributed by atoms with E-state index in [1.165, 1.54) is 11.3 Å². The lowest BCUT2D eigenvalue weighted by Gasteiger charge is -2.24. The number of aryl methyl sites for hydroxylation is 1. The number of nitrogens with one attached hydrogen (secondary N) is 1. The molecule has 0 spiro atoms. The van der Waals surface area contributed by atoms with Crippen LogP contribution in [0.5, 0.6) is 0 Å². The molecule has 36 heavy (non-hydrogen) atoms. The zero-order chi connectivity index (χ0) is 25.1. The molecule has 2 amide bonds. The van der Waals surface area contributed by atoms with Crippen LogP contribution in [0.25, 0.3) is 0 Å². The third-order valence-electron chi connectivity index (χ3n) is 6.50. The van der Waals surface area contributed by atoms with Crippen LogP contribution in [0.2, 0.25) is 0 Å². The molecular formula is C28H28N2O4S2. The maximum absolute atomic E-state index is 13.1. The molecule has 0 saturated carbocycles. The second kappa shape index (κ2) is 10.9. The van der Waals surface area contributed by atoms with Crippen LogP contribution < -0.4 is 5.32 Å². The van der Waals surface area contributed by atoms with Gasteiger partial charge >= 0.3 is 5.97 Å². The van der Waals surface area contributed by atoms with Crippen molar-refractivity contribution in [3.05, 3.63) is 87.3 Å². The van der Waals surface area contributed by atoms with Crippen LogP contribution in [0.3, 0.4) is 0 Å². The zero-order valence-electron chi connectivity index (χ0n) is 20.1. The Balaban J connectivity index is 1.33. The molecule has 6 nitrogen and oxygen atoms in total. The minimum absolute atomic E-state index is 0.0887. The molecule has 1 atom stereocenters. The molecular weight excluding hydrogens is 492 g/mol. The summed E-state index contributed by atoms with van der Waals surface area (Å²) >= 11 is 3.08. The fourth-order valence-corrected chi connectivity index (χ4v) is 7.19. The van der Waals surface area contributed by atoms with Crippen molar-refractivity contribution in [3.8, 4) is 0 Å². The largest absolute Gasteiger partial charge is 0.462 e. The van der Waals surface area contributed by atoms with E-state index < -0.39 is 0 Å². The first-order valence-corrected chi connectivity index (χ1v) is 14.1. The number of hydrogen-bond acceptors (Lipinski definition) is 6. The Hall–Kier alpha value is -3.10. The first kappa shape index (κ1) is 24.6. The summed E-state index contributed by atoms with van der Waals surface area (Å²) in [4.78, 5) is 41.4. The molecule has 2 aliphatic rings. The van der Waals surface area contributed by atoms with E-state index >= 15 is 0 Å². The van der Waals surface area contributed by atoms with E-state index in [-0.39, 0.29) is 23.2 Å². The molecule has 5 rings (SSSR count). The number of esters is 1. The average molecular weight is 521 g/mol. The molecule has 1 fully saturated rings. The van der Waals surface area contributed by atoms with Crippen molar-refractivity contribution in [1.29, 1.82) is 0 Å². The maximum atomic E-state index is 13.1. The van der Waals surface area contributed by atoms with Crippen LogP contribution in [-0.2, 0) is 28.9 Å². The summed E-state index contributed by atoms with van der Waals surface area (Å²) in [6.07, 6.45) is 3.89. The van der Waals surface area contributed by atoms with E-state index in [0.29, 0.717) is 35.0 Å². The van der Waals surface area contributed by atoms with E-state index in [2.05, 4.69) is 5.32 Å². The van der Waals surface area contributed by atoms with Crippen LogP contribution in [-0.4, -0.2) is 35.0 Å². The van der Waals surface area contributed by atoms with Gasteiger partial charge in [0.15, 0.2) is 0 Å². The third-order valence-corrected chi connectivity index (χ3v) is 8.96. The molecule has 2 aromatic carbocycles. The molecule has 1 aromatic heterocycles. The topological polar surface area (TPSA) is 75.7 Å². The van der Waals surface area contributed by atoms with E-state index in [9.17, 15) is 14.4 Å². The lowest BCUT2D eigenvalue weighted by molar-refractivity contribution is -0.128.